The predicted molar refractivity (Wildman–Crippen MR) is 74.6 cm³/mol. The lowest BCUT2D eigenvalue weighted by atomic mass is 9.84. The second kappa shape index (κ2) is 5.31. The van der Waals surface area contributed by atoms with Crippen molar-refractivity contribution in [2.75, 3.05) is 5.75 Å². The molecule has 1 rings (SSSR count). The van der Waals surface area contributed by atoms with Gasteiger partial charge in [-0.2, -0.15) is 11.8 Å². The Kier molecular flexibility index (Phi) is 4.70. The van der Waals surface area contributed by atoms with Crippen molar-refractivity contribution < 1.29 is 9.53 Å². The Balaban J connectivity index is 2.58. The summed E-state index contributed by atoms with van der Waals surface area (Å²) in [6, 6.07) is 0. The van der Waals surface area contributed by atoms with E-state index in [-0.39, 0.29) is 17.1 Å². The third-order valence-electron chi connectivity index (χ3n) is 3.55. The predicted octanol–water partition coefficient (Wildman–Crippen LogP) is 3.68. The molecule has 2 unspecified atom stereocenters. The first-order valence-corrected chi connectivity index (χ1v) is 7.57. The van der Waals surface area contributed by atoms with E-state index in [9.17, 15) is 4.79 Å². The van der Waals surface area contributed by atoms with Crippen LogP contribution in [0.4, 0.5) is 0 Å². The summed E-state index contributed by atoms with van der Waals surface area (Å²) >= 11 is 1.77. The summed E-state index contributed by atoms with van der Waals surface area (Å²) in [5.74, 6) is 1.03. The highest BCUT2D eigenvalue weighted by atomic mass is 32.2. The zero-order valence-corrected chi connectivity index (χ0v) is 12.8. The molecule has 3 heteroatoms. The maximum absolute atomic E-state index is 12.3. The van der Waals surface area contributed by atoms with Crippen molar-refractivity contribution in [3.63, 3.8) is 0 Å². The van der Waals surface area contributed by atoms with E-state index >= 15 is 0 Å². The topological polar surface area (TPSA) is 26.3 Å². The van der Waals surface area contributed by atoms with Gasteiger partial charge in [0.2, 0.25) is 0 Å². The minimum Gasteiger partial charge on any atom is -0.369 e. The van der Waals surface area contributed by atoms with Crippen LogP contribution in [0, 0.1) is 5.92 Å². The summed E-state index contributed by atoms with van der Waals surface area (Å²) in [6.45, 7) is 12.6. The Morgan fingerprint density at radius 1 is 1.41 bits per heavy atom. The fraction of sp³-hybridized carbons (Fsp3) is 0.929. The van der Waals surface area contributed by atoms with Crippen LogP contribution in [-0.2, 0) is 9.53 Å². The maximum atomic E-state index is 12.3. The first-order chi connectivity index (χ1) is 7.68. The van der Waals surface area contributed by atoms with Crippen LogP contribution >= 0.6 is 11.8 Å². The second-order valence-corrected chi connectivity index (χ2v) is 7.64. The van der Waals surface area contributed by atoms with Gasteiger partial charge in [0.25, 0.3) is 0 Å². The fourth-order valence-electron chi connectivity index (χ4n) is 2.51. The molecule has 1 aliphatic rings. The lowest BCUT2D eigenvalue weighted by molar-refractivity contribution is -0.126. The highest BCUT2D eigenvalue weighted by Gasteiger charge is 2.48. The number of hydrogen-bond donors (Lipinski definition) is 0. The van der Waals surface area contributed by atoms with Gasteiger partial charge in [0.05, 0.1) is 17.0 Å². The monoisotopic (exact) mass is 258 g/mol. The van der Waals surface area contributed by atoms with Crippen LogP contribution in [0.15, 0.2) is 0 Å². The zero-order valence-electron chi connectivity index (χ0n) is 12.0. The SMILES string of the molecule is CCC(C)SCC(=O)C1CC(C)(C)OC1(C)C. The van der Waals surface area contributed by atoms with Gasteiger partial charge in [0.15, 0.2) is 0 Å². The molecule has 0 saturated carbocycles. The van der Waals surface area contributed by atoms with Crippen LogP contribution in [0.25, 0.3) is 0 Å². The van der Waals surface area contributed by atoms with E-state index in [1.807, 2.05) is 13.8 Å². The molecule has 100 valence electrons. The van der Waals surface area contributed by atoms with E-state index < -0.39 is 0 Å². The molecule has 0 aliphatic carbocycles. The largest absolute Gasteiger partial charge is 0.369 e. The van der Waals surface area contributed by atoms with E-state index in [0.717, 1.165) is 12.8 Å². The summed E-state index contributed by atoms with van der Waals surface area (Å²) in [5, 5.41) is 0.567. The van der Waals surface area contributed by atoms with Crippen molar-refractivity contribution in [3.05, 3.63) is 0 Å². The van der Waals surface area contributed by atoms with Crippen molar-refractivity contribution in [1.82, 2.24) is 0 Å². The van der Waals surface area contributed by atoms with Gasteiger partial charge in [-0.15, -0.1) is 0 Å². The number of Topliss-reactive ketones (excluding diaryl/α,β-unsaturated/α-hetero) is 1. The Morgan fingerprint density at radius 3 is 2.41 bits per heavy atom. The molecule has 0 spiro atoms. The smallest absolute Gasteiger partial charge is 0.148 e. The van der Waals surface area contributed by atoms with Crippen LogP contribution in [0.1, 0.15) is 54.4 Å². The average Bonchev–Trinajstić information content (AvgIpc) is 2.42. The minimum atomic E-state index is -0.309. The van der Waals surface area contributed by atoms with E-state index in [0.29, 0.717) is 16.8 Å². The van der Waals surface area contributed by atoms with E-state index in [1.165, 1.54) is 0 Å². The zero-order chi connectivity index (χ0) is 13.3. The summed E-state index contributed by atoms with van der Waals surface area (Å²) in [4.78, 5) is 12.3. The maximum Gasteiger partial charge on any atom is 0.148 e. The van der Waals surface area contributed by atoms with Crippen molar-refractivity contribution in [3.8, 4) is 0 Å². The molecule has 0 aromatic carbocycles. The third-order valence-corrected chi connectivity index (χ3v) is 4.90. The van der Waals surface area contributed by atoms with E-state index in [1.54, 1.807) is 11.8 Å². The normalized spacial score (nSPS) is 28.0. The van der Waals surface area contributed by atoms with Gasteiger partial charge in [-0.25, -0.2) is 0 Å². The molecular weight excluding hydrogens is 232 g/mol. The molecule has 17 heavy (non-hydrogen) atoms. The number of ether oxygens (including phenoxy) is 1. The third kappa shape index (κ3) is 3.99. The quantitative estimate of drug-likeness (QED) is 0.752. The highest BCUT2D eigenvalue weighted by Crippen LogP contribution is 2.42. The van der Waals surface area contributed by atoms with Crippen LogP contribution < -0.4 is 0 Å². The molecular formula is C14H26O2S. The van der Waals surface area contributed by atoms with Crippen molar-refractivity contribution >= 4 is 17.5 Å². The lowest BCUT2D eigenvalue weighted by Gasteiger charge is -2.26. The molecule has 0 aromatic heterocycles. The molecule has 1 aliphatic heterocycles. The van der Waals surface area contributed by atoms with Gasteiger partial charge in [-0.3, -0.25) is 4.79 Å². The Morgan fingerprint density at radius 2 is 2.00 bits per heavy atom. The molecule has 1 saturated heterocycles. The average molecular weight is 258 g/mol. The van der Waals surface area contributed by atoms with Gasteiger partial charge in [-0.1, -0.05) is 13.8 Å². The Labute approximate surface area is 110 Å². The molecule has 0 N–H and O–H groups in total. The number of thioether (sulfide) groups is 1. The number of carbonyl (C=O) groups is 1. The second-order valence-electron chi connectivity index (χ2n) is 6.22. The van der Waals surface area contributed by atoms with E-state index in [4.69, 9.17) is 4.74 Å². The van der Waals surface area contributed by atoms with Crippen LogP contribution in [0.2, 0.25) is 0 Å². The summed E-state index contributed by atoms with van der Waals surface area (Å²) in [6.07, 6.45) is 1.97. The fourth-order valence-corrected chi connectivity index (χ4v) is 3.39. The molecule has 1 fully saturated rings. The number of rotatable bonds is 5. The summed E-state index contributed by atoms with van der Waals surface area (Å²) in [5.41, 5.74) is -0.471. The minimum absolute atomic E-state index is 0.0501. The van der Waals surface area contributed by atoms with Gasteiger partial charge < -0.3 is 4.74 Å². The molecule has 2 nitrogen and oxygen atoms in total. The number of carbonyl (C=O) groups excluding carboxylic acids is 1. The highest BCUT2D eigenvalue weighted by molar-refractivity contribution is 8.00. The van der Waals surface area contributed by atoms with Gasteiger partial charge in [0.1, 0.15) is 5.78 Å². The molecule has 0 amide bonds. The first-order valence-electron chi connectivity index (χ1n) is 6.52. The van der Waals surface area contributed by atoms with Gasteiger partial charge in [0, 0.05) is 11.2 Å². The van der Waals surface area contributed by atoms with Gasteiger partial charge >= 0.3 is 0 Å². The number of ketones is 1. The van der Waals surface area contributed by atoms with Gasteiger partial charge in [-0.05, 0) is 40.5 Å². The van der Waals surface area contributed by atoms with Crippen LogP contribution in [0.3, 0.4) is 0 Å². The Bertz CT molecular complexity index is 284. The van der Waals surface area contributed by atoms with Crippen LogP contribution in [-0.4, -0.2) is 28.0 Å². The summed E-state index contributed by atoms with van der Waals surface area (Å²) in [7, 11) is 0. The van der Waals surface area contributed by atoms with Crippen molar-refractivity contribution in [2.45, 2.75) is 70.8 Å². The lowest BCUT2D eigenvalue weighted by Crippen LogP contribution is -2.34. The molecule has 0 radical (unpaired) electrons. The summed E-state index contributed by atoms with van der Waals surface area (Å²) < 4.78 is 5.97. The number of hydrogen-bond acceptors (Lipinski definition) is 3. The molecule has 0 aromatic rings. The standard InChI is InChI=1S/C14H26O2S/c1-7-10(2)17-9-12(15)11-8-13(3,4)16-14(11,5)6/h10-11H,7-9H2,1-6H3. The molecule has 0 bridgehead atoms. The molecule has 1 heterocycles. The van der Waals surface area contributed by atoms with E-state index in [2.05, 4.69) is 27.7 Å². The van der Waals surface area contributed by atoms with Crippen molar-refractivity contribution in [2.24, 2.45) is 5.92 Å². The first kappa shape index (κ1) is 15.0. The Hall–Kier alpha value is -0.0200. The van der Waals surface area contributed by atoms with Crippen molar-refractivity contribution in [1.29, 1.82) is 0 Å². The van der Waals surface area contributed by atoms with Crippen LogP contribution in [0.5, 0.6) is 0 Å². The molecule has 2 atom stereocenters.